The van der Waals surface area contributed by atoms with Gasteiger partial charge in [0.15, 0.2) is 0 Å². The minimum Gasteiger partial charge on any atom is -0.259 e. The van der Waals surface area contributed by atoms with Crippen molar-refractivity contribution >= 4 is 8.25 Å². The minimum atomic E-state index is -2.51. The second-order valence-corrected chi connectivity index (χ2v) is 3.57. The Morgan fingerprint density at radius 2 is 2.07 bits per heavy atom. The molecule has 15 heavy (non-hydrogen) atoms. The Morgan fingerprint density at radius 3 is 2.47 bits per heavy atom. The maximum Gasteiger partial charge on any atom is 0.695 e. The van der Waals surface area contributed by atoms with Crippen LogP contribution in [0, 0.1) is 0 Å². The molecule has 84 valence electrons. The first-order valence-corrected chi connectivity index (χ1v) is 6.02. The van der Waals surface area contributed by atoms with E-state index in [0.717, 1.165) is 0 Å². The van der Waals surface area contributed by atoms with Gasteiger partial charge < -0.3 is 0 Å². The predicted octanol–water partition coefficient (Wildman–Crippen LogP) is 3.05. The molecule has 0 saturated heterocycles. The fourth-order valence-corrected chi connectivity index (χ4v) is 0.848. The van der Waals surface area contributed by atoms with Crippen molar-refractivity contribution in [1.29, 1.82) is 0 Å². The summed E-state index contributed by atoms with van der Waals surface area (Å²) in [5.41, 5.74) is 0.643. The van der Waals surface area contributed by atoms with Crippen LogP contribution >= 0.6 is 8.25 Å². The fraction of sp³-hybridized carbons (Fsp3) is 0.500. The highest BCUT2D eigenvalue weighted by Gasteiger charge is 2.11. The van der Waals surface area contributed by atoms with Gasteiger partial charge in [0.05, 0.1) is 5.69 Å². The van der Waals surface area contributed by atoms with Gasteiger partial charge in [0.1, 0.15) is 6.61 Å². The van der Waals surface area contributed by atoms with Crippen molar-refractivity contribution in [3.63, 3.8) is 0 Å². The molecule has 0 radical (unpaired) electrons. The van der Waals surface area contributed by atoms with E-state index in [1.807, 2.05) is 0 Å². The van der Waals surface area contributed by atoms with Gasteiger partial charge in [-0.3, -0.25) is 4.98 Å². The Balaban J connectivity index is 0.000000423. The fourth-order valence-electron chi connectivity index (χ4n) is 0.605. The van der Waals surface area contributed by atoms with Gasteiger partial charge in [-0.2, -0.15) is 0 Å². The zero-order chi connectivity index (χ0) is 11.5. The Bertz CT molecular complexity index is 265. The van der Waals surface area contributed by atoms with Crippen LogP contribution in [0.25, 0.3) is 0 Å². The third-order valence-corrected chi connectivity index (χ3v) is 1.90. The molecule has 1 aromatic heterocycles. The number of unbranched alkanes of at least 4 members (excludes halogenated alkanes) is 1. The average molecular weight is 230 g/mol. The van der Waals surface area contributed by atoms with Crippen LogP contribution in [-0.2, 0) is 15.7 Å². The van der Waals surface area contributed by atoms with E-state index in [0.29, 0.717) is 5.69 Å². The third kappa shape index (κ3) is 9.47. The zero-order valence-electron chi connectivity index (χ0n) is 9.09. The van der Waals surface area contributed by atoms with E-state index < -0.39 is 8.25 Å². The van der Waals surface area contributed by atoms with Crippen molar-refractivity contribution in [2.24, 2.45) is 0 Å². The lowest BCUT2D eigenvalue weighted by Gasteiger charge is -1.89. The normalized spacial score (nSPS) is 10.2. The van der Waals surface area contributed by atoms with Crippen LogP contribution in [0.15, 0.2) is 24.4 Å². The lowest BCUT2D eigenvalue weighted by molar-refractivity contribution is 0.269. The maximum absolute atomic E-state index is 10.1. The van der Waals surface area contributed by atoms with Crippen molar-refractivity contribution in [2.75, 3.05) is 0 Å². The number of rotatable bonds is 4. The molecule has 0 aromatic carbocycles. The largest absolute Gasteiger partial charge is 0.695 e. The van der Waals surface area contributed by atoms with Crippen LogP contribution in [0.3, 0.4) is 0 Å². The predicted molar refractivity (Wildman–Crippen MR) is 59.4 cm³/mol. The van der Waals surface area contributed by atoms with E-state index in [1.165, 1.54) is 12.8 Å². The molecular weight excluding hydrogens is 213 g/mol. The molecule has 5 heteroatoms. The molecule has 1 unspecified atom stereocenters. The van der Waals surface area contributed by atoms with Crippen LogP contribution in [0.5, 0.6) is 0 Å². The monoisotopic (exact) mass is 230 g/mol. The summed E-state index contributed by atoms with van der Waals surface area (Å²) in [6, 6.07) is 5.28. The molecule has 0 bridgehead atoms. The second kappa shape index (κ2) is 9.71. The summed E-state index contributed by atoms with van der Waals surface area (Å²) in [6.45, 7) is 4.44. The first-order valence-electron chi connectivity index (χ1n) is 4.89. The molecule has 0 spiro atoms. The van der Waals surface area contributed by atoms with E-state index in [-0.39, 0.29) is 6.61 Å². The summed E-state index contributed by atoms with van der Waals surface area (Å²) in [5.74, 6) is 0. The Morgan fingerprint density at radius 1 is 1.40 bits per heavy atom. The van der Waals surface area contributed by atoms with Gasteiger partial charge >= 0.3 is 8.25 Å². The van der Waals surface area contributed by atoms with Crippen LogP contribution in [0.4, 0.5) is 0 Å². The van der Waals surface area contributed by atoms with E-state index in [1.54, 1.807) is 24.4 Å². The third-order valence-electron chi connectivity index (χ3n) is 1.55. The highest BCUT2D eigenvalue weighted by Crippen LogP contribution is 2.16. The van der Waals surface area contributed by atoms with Crippen molar-refractivity contribution in [3.05, 3.63) is 30.1 Å². The Labute approximate surface area is 91.3 Å². The number of aromatic nitrogens is 1. The second-order valence-electron chi connectivity index (χ2n) is 2.83. The van der Waals surface area contributed by atoms with Gasteiger partial charge in [-0.15, -0.1) is 9.42 Å². The Hall–Kier alpha value is -0.830. The summed E-state index contributed by atoms with van der Waals surface area (Å²) in [6.07, 6.45) is 4.24. The van der Waals surface area contributed by atoms with Gasteiger partial charge in [-0.1, -0.05) is 32.8 Å². The number of hydrogen-bond donors (Lipinski definition) is 1. The Kier molecular flexibility index (Phi) is 9.18. The van der Waals surface area contributed by atoms with Crippen molar-refractivity contribution in [3.8, 4) is 0 Å². The molecule has 0 aliphatic carbocycles. The van der Waals surface area contributed by atoms with Crippen LogP contribution in [0.2, 0.25) is 0 Å². The summed E-state index contributed by atoms with van der Waals surface area (Å²) in [4.78, 5) is 12.2. The molecule has 1 N–H and O–H groups in total. The minimum absolute atomic E-state index is 0.0759. The molecule has 0 fully saturated rings. The van der Waals surface area contributed by atoms with Crippen LogP contribution in [-0.4, -0.2) is 9.88 Å². The summed E-state index contributed by atoms with van der Waals surface area (Å²) >= 11 is 0. The zero-order valence-corrected chi connectivity index (χ0v) is 9.98. The number of hydrogen-bond acceptors (Lipinski definition) is 3. The molecule has 1 atom stereocenters. The molecule has 1 rings (SSSR count). The average Bonchev–Trinajstić information content (AvgIpc) is 2.28. The van der Waals surface area contributed by atoms with Crippen molar-refractivity contribution in [1.82, 2.24) is 4.98 Å². The summed E-state index contributed by atoms with van der Waals surface area (Å²) < 4.78 is 14.5. The highest BCUT2D eigenvalue weighted by atomic mass is 31.1. The molecule has 0 amide bonds. The van der Waals surface area contributed by atoms with Gasteiger partial charge in [-0.25, -0.2) is 0 Å². The van der Waals surface area contributed by atoms with E-state index in [2.05, 4.69) is 23.4 Å². The van der Waals surface area contributed by atoms with Crippen LogP contribution in [0.1, 0.15) is 32.4 Å². The van der Waals surface area contributed by atoms with Gasteiger partial charge in [0.25, 0.3) is 0 Å². The quantitative estimate of drug-likeness (QED) is 0.807. The van der Waals surface area contributed by atoms with E-state index >= 15 is 0 Å². The van der Waals surface area contributed by atoms with Crippen molar-refractivity contribution in [2.45, 2.75) is 33.3 Å². The molecule has 0 aliphatic heterocycles. The maximum atomic E-state index is 10.1. The first-order chi connectivity index (χ1) is 7.20. The summed E-state index contributed by atoms with van der Waals surface area (Å²) in [7, 11) is -2.51. The lowest BCUT2D eigenvalue weighted by Crippen LogP contribution is -1.88. The first kappa shape index (κ1) is 14.2. The topological polar surface area (TPSA) is 59.4 Å². The number of nitrogens with zero attached hydrogens (tertiary/aromatic N) is 1. The molecule has 0 aliphatic rings. The van der Waals surface area contributed by atoms with Crippen LogP contribution < -0.4 is 0 Å². The molecule has 4 nitrogen and oxygen atoms in total. The summed E-state index contributed by atoms with van der Waals surface area (Å²) in [5, 5.41) is 0. The lowest BCUT2D eigenvalue weighted by atomic mass is 10.4. The molecular formula is C10H17NO3P+. The molecule has 0 saturated carbocycles. The highest BCUT2D eigenvalue weighted by molar-refractivity contribution is 7.32. The molecule has 1 heterocycles. The smallest absolute Gasteiger partial charge is 0.259 e. The van der Waals surface area contributed by atoms with Gasteiger partial charge in [0.2, 0.25) is 0 Å². The van der Waals surface area contributed by atoms with Crippen molar-refractivity contribution < 1.29 is 14.0 Å². The van der Waals surface area contributed by atoms with E-state index in [4.69, 9.17) is 4.89 Å². The SMILES string of the molecule is CCCC.O=[P+](O)OCc1ccccn1. The standard InChI is InChI=1S/C6H6NO3P.C4H10/c8-11(9)10-5-6-3-1-2-4-7-6;1-3-4-2/h1-4H,5H2;3-4H2,1-2H3/p+1. The van der Waals surface area contributed by atoms with Gasteiger partial charge in [-0.05, 0) is 12.1 Å². The number of pyridine rings is 1. The van der Waals surface area contributed by atoms with Gasteiger partial charge in [0, 0.05) is 10.8 Å². The molecule has 1 aromatic rings. The van der Waals surface area contributed by atoms with E-state index in [9.17, 15) is 4.57 Å².